The van der Waals surface area contributed by atoms with Gasteiger partial charge in [-0.25, -0.2) is 0 Å². The van der Waals surface area contributed by atoms with E-state index in [1.807, 2.05) is 44.2 Å². The molecule has 0 aliphatic rings. The Kier molecular flexibility index (Phi) is 9.00. The maximum absolute atomic E-state index is 12.9. The quantitative estimate of drug-likeness (QED) is 0.634. The lowest BCUT2D eigenvalue weighted by atomic mass is 10.1. The zero-order valence-electron chi connectivity index (χ0n) is 17.2. The Hall–Kier alpha value is -2.53. The summed E-state index contributed by atoms with van der Waals surface area (Å²) in [5.41, 5.74) is 1.11. The summed E-state index contributed by atoms with van der Waals surface area (Å²) in [6.07, 6.45) is 1.49. The molecule has 0 aliphatic carbocycles. The number of carbonyl (C=O) groups is 2. The predicted molar refractivity (Wildman–Crippen MR) is 116 cm³/mol. The van der Waals surface area contributed by atoms with Crippen molar-refractivity contribution in [1.29, 1.82) is 0 Å². The number of hydrogen-bond acceptors (Lipinski definition) is 3. The van der Waals surface area contributed by atoms with Crippen LogP contribution in [0.2, 0.25) is 5.02 Å². The summed E-state index contributed by atoms with van der Waals surface area (Å²) in [6.45, 7) is 6.00. The lowest BCUT2D eigenvalue weighted by molar-refractivity contribution is -0.141. The van der Waals surface area contributed by atoms with Crippen molar-refractivity contribution >= 4 is 23.4 Å². The van der Waals surface area contributed by atoms with Gasteiger partial charge in [0.05, 0.1) is 0 Å². The second-order valence-corrected chi connectivity index (χ2v) is 7.50. The number of benzene rings is 2. The van der Waals surface area contributed by atoms with Gasteiger partial charge in [0.15, 0.2) is 6.61 Å². The highest BCUT2D eigenvalue weighted by atomic mass is 35.5. The zero-order valence-corrected chi connectivity index (χ0v) is 18.0. The first kappa shape index (κ1) is 22.8. The molecule has 0 heterocycles. The number of nitrogens with zero attached hydrogens (tertiary/aromatic N) is 1. The number of halogens is 1. The number of ether oxygens (including phenoxy) is 1. The Morgan fingerprint density at radius 2 is 1.72 bits per heavy atom. The van der Waals surface area contributed by atoms with Gasteiger partial charge in [-0.05, 0) is 56.5 Å². The molecule has 1 N–H and O–H groups in total. The van der Waals surface area contributed by atoms with Gasteiger partial charge in [0.1, 0.15) is 11.8 Å². The summed E-state index contributed by atoms with van der Waals surface area (Å²) in [5, 5.41) is 3.56. The Balaban J connectivity index is 2.05. The molecule has 0 spiro atoms. The summed E-state index contributed by atoms with van der Waals surface area (Å²) in [6, 6.07) is 16.2. The van der Waals surface area contributed by atoms with Gasteiger partial charge in [0.2, 0.25) is 5.91 Å². The molecule has 2 amide bonds. The second-order valence-electron chi connectivity index (χ2n) is 7.06. The Morgan fingerprint density at radius 1 is 1.07 bits per heavy atom. The van der Waals surface area contributed by atoms with Crippen LogP contribution in [0, 0.1) is 0 Å². The molecule has 0 saturated heterocycles. The molecule has 6 heteroatoms. The SMILES string of the molecule is CC[C@@H](C)NC(=O)[C@H](C)N(CCc1ccccc1)C(=O)COc1ccc(Cl)cc1. The molecule has 2 aromatic carbocycles. The highest BCUT2D eigenvalue weighted by molar-refractivity contribution is 6.30. The van der Waals surface area contributed by atoms with Gasteiger partial charge in [-0.2, -0.15) is 0 Å². The Morgan fingerprint density at radius 3 is 2.34 bits per heavy atom. The minimum atomic E-state index is -0.589. The molecule has 5 nitrogen and oxygen atoms in total. The lowest BCUT2D eigenvalue weighted by Gasteiger charge is -2.29. The van der Waals surface area contributed by atoms with Crippen LogP contribution in [0.3, 0.4) is 0 Å². The lowest BCUT2D eigenvalue weighted by Crippen LogP contribution is -2.51. The third-order valence-electron chi connectivity index (χ3n) is 4.83. The topological polar surface area (TPSA) is 58.6 Å². The van der Waals surface area contributed by atoms with E-state index in [0.717, 1.165) is 12.0 Å². The molecule has 2 rings (SSSR count). The molecule has 0 unspecified atom stereocenters. The van der Waals surface area contributed by atoms with Crippen molar-refractivity contribution in [3.63, 3.8) is 0 Å². The van der Waals surface area contributed by atoms with E-state index in [2.05, 4.69) is 5.32 Å². The molecule has 29 heavy (non-hydrogen) atoms. The molecule has 2 aromatic rings. The van der Waals surface area contributed by atoms with Gasteiger partial charge in [-0.1, -0.05) is 48.9 Å². The number of carbonyl (C=O) groups excluding carboxylic acids is 2. The van der Waals surface area contributed by atoms with Crippen molar-refractivity contribution in [2.75, 3.05) is 13.2 Å². The number of nitrogens with one attached hydrogen (secondary N) is 1. The van der Waals surface area contributed by atoms with E-state index in [9.17, 15) is 9.59 Å². The molecule has 0 fully saturated rings. The van der Waals surface area contributed by atoms with Crippen LogP contribution in [0.15, 0.2) is 54.6 Å². The fourth-order valence-electron chi connectivity index (χ4n) is 2.79. The minimum absolute atomic E-state index is 0.0568. The van der Waals surface area contributed by atoms with Gasteiger partial charge < -0.3 is 15.0 Å². The third kappa shape index (κ3) is 7.42. The van der Waals surface area contributed by atoms with E-state index >= 15 is 0 Å². The minimum Gasteiger partial charge on any atom is -0.484 e. The molecular formula is C23H29ClN2O3. The molecule has 0 radical (unpaired) electrons. The van der Waals surface area contributed by atoms with Crippen LogP contribution in [-0.4, -0.2) is 41.9 Å². The van der Waals surface area contributed by atoms with Crippen molar-refractivity contribution in [1.82, 2.24) is 10.2 Å². The fourth-order valence-corrected chi connectivity index (χ4v) is 2.92. The van der Waals surface area contributed by atoms with Crippen LogP contribution in [0.25, 0.3) is 0 Å². The molecule has 0 aliphatic heterocycles. The maximum atomic E-state index is 12.9. The van der Waals surface area contributed by atoms with E-state index in [4.69, 9.17) is 16.3 Å². The second kappa shape index (κ2) is 11.5. The first-order chi connectivity index (χ1) is 13.9. The average molecular weight is 417 g/mol. The summed E-state index contributed by atoms with van der Waals surface area (Å²) in [4.78, 5) is 27.1. The van der Waals surface area contributed by atoms with Crippen molar-refractivity contribution in [3.8, 4) is 5.75 Å². The Labute approximate surface area is 178 Å². The van der Waals surface area contributed by atoms with Crippen molar-refractivity contribution < 1.29 is 14.3 Å². The van der Waals surface area contributed by atoms with Crippen molar-refractivity contribution in [3.05, 3.63) is 65.2 Å². The van der Waals surface area contributed by atoms with Crippen molar-refractivity contribution in [2.24, 2.45) is 0 Å². The molecule has 0 aromatic heterocycles. The van der Waals surface area contributed by atoms with Crippen LogP contribution in [0.1, 0.15) is 32.8 Å². The van der Waals surface area contributed by atoms with Gasteiger partial charge in [0.25, 0.3) is 5.91 Å². The van der Waals surface area contributed by atoms with Gasteiger partial charge in [0, 0.05) is 17.6 Å². The summed E-state index contributed by atoms with van der Waals surface area (Å²) in [5.74, 6) is 0.164. The van der Waals surface area contributed by atoms with Crippen molar-refractivity contribution in [2.45, 2.75) is 45.7 Å². The maximum Gasteiger partial charge on any atom is 0.261 e. The van der Waals surface area contributed by atoms with E-state index in [1.165, 1.54) is 0 Å². The van der Waals surface area contributed by atoms with Crippen LogP contribution in [0.5, 0.6) is 5.75 Å². The standard InChI is InChI=1S/C23H29ClN2O3/c1-4-17(2)25-23(28)18(3)26(15-14-19-8-6-5-7-9-19)22(27)16-29-21-12-10-20(24)11-13-21/h5-13,17-18H,4,14-16H2,1-3H3,(H,25,28)/t17-,18+/m1/s1. The van der Waals surface area contributed by atoms with Crippen LogP contribution < -0.4 is 10.1 Å². The summed E-state index contributed by atoms with van der Waals surface area (Å²) < 4.78 is 5.61. The third-order valence-corrected chi connectivity index (χ3v) is 5.08. The van der Waals surface area contributed by atoms with Gasteiger partial charge >= 0.3 is 0 Å². The summed E-state index contributed by atoms with van der Waals surface area (Å²) in [7, 11) is 0. The smallest absolute Gasteiger partial charge is 0.261 e. The number of hydrogen-bond donors (Lipinski definition) is 1. The van der Waals surface area contributed by atoms with Gasteiger partial charge in [-0.15, -0.1) is 0 Å². The van der Waals surface area contributed by atoms with Crippen LogP contribution in [-0.2, 0) is 16.0 Å². The fraction of sp³-hybridized carbons (Fsp3) is 0.391. The van der Waals surface area contributed by atoms with E-state index in [0.29, 0.717) is 23.7 Å². The Bertz CT molecular complexity index is 780. The predicted octanol–water partition coefficient (Wildman–Crippen LogP) is 4.09. The number of amides is 2. The van der Waals surface area contributed by atoms with Crippen LogP contribution >= 0.6 is 11.6 Å². The normalized spacial score (nSPS) is 12.7. The van der Waals surface area contributed by atoms with E-state index in [-0.39, 0.29) is 24.5 Å². The van der Waals surface area contributed by atoms with Gasteiger partial charge in [-0.3, -0.25) is 9.59 Å². The molecule has 2 atom stereocenters. The molecular weight excluding hydrogens is 388 g/mol. The van der Waals surface area contributed by atoms with Crippen LogP contribution in [0.4, 0.5) is 0 Å². The number of rotatable bonds is 10. The highest BCUT2D eigenvalue weighted by Crippen LogP contribution is 2.16. The van der Waals surface area contributed by atoms with E-state index < -0.39 is 6.04 Å². The molecule has 0 saturated carbocycles. The molecule has 156 valence electrons. The first-order valence-corrected chi connectivity index (χ1v) is 10.3. The van der Waals surface area contributed by atoms with E-state index in [1.54, 1.807) is 36.1 Å². The molecule has 0 bridgehead atoms. The first-order valence-electron chi connectivity index (χ1n) is 9.92. The zero-order chi connectivity index (χ0) is 21.2. The highest BCUT2D eigenvalue weighted by Gasteiger charge is 2.26. The average Bonchev–Trinajstić information content (AvgIpc) is 2.73. The summed E-state index contributed by atoms with van der Waals surface area (Å²) >= 11 is 5.88. The largest absolute Gasteiger partial charge is 0.484 e. The monoisotopic (exact) mass is 416 g/mol.